The highest BCUT2D eigenvalue weighted by Crippen LogP contribution is 2.67. The maximum absolute atomic E-state index is 12.6. The zero-order valence-corrected chi connectivity index (χ0v) is 9.41. The minimum atomic E-state index is -0.441. The first-order valence-electron chi connectivity index (χ1n) is 5.77. The summed E-state index contributed by atoms with van der Waals surface area (Å²) in [5.41, 5.74) is -0.308. The van der Waals surface area contributed by atoms with Crippen LogP contribution in [0.4, 0.5) is 9.18 Å². The third-order valence-corrected chi connectivity index (χ3v) is 3.74. The smallest absolute Gasteiger partial charge is 0.410 e. The van der Waals surface area contributed by atoms with Crippen LogP contribution in [0.25, 0.3) is 0 Å². The SMILES string of the molecule is O=C(NC12CC(CF)(C1)C2)Oc1ccccc1. The lowest BCUT2D eigenvalue weighted by molar-refractivity contribution is -0.159. The first kappa shape index (κ1) is 10.6. The zero-order valence-electron chi connectivity index (χ0n) is 9.41. The van der Waals surface area contributed by atoms with Crippen LogP contribution in [-0.2, 0) is 0 Å². The molecule has 1 amide bonds. The molecule has 3 aliphatic rings. The van der Waals surface area contributed by atoms with Crippen molar-refractivity contribution in [3.63, 3.8) is 0 Å². The summed E-state index contributed by atoms with van der Waals surface area (Å²) in [5.74, 6) is 0.525. The summed E-state index contributed by atoms with van der Waals surface area (Å²) in [7, 11) is 0. The van der Waals surface area contributed by atoms with E-state index in [4.69, 9.17) is 4.74 Å². The van der Waals surface area contributed by atoms with E-state index in [1.54, 1.807) is 12.1 Å². The highest BCUT2D eigenvalue weighted by Gasteiger charge is 2.68. The van der Waals surface area contributed by atoms with E-state index in [0.29, 0.717) is 5.75 Å². The van der Waals surface area contributed by atoms with Crippen molar-refractivity contribution in [1.82, 2.24) is 5.32 Å². The van der Waals surface area contributed by atoms with E-state index < -0.39 is 6.09 Å². The summed E-state index contributed by atoms with van der Waals surface area (Å²) in [6, 6.07) is 8.93. The van der Waals surface area contributed by atoms with E-state index >= 15 is 0 Å². The molecular formula is C13H14FNO2. The van der Waals surface area contributed by atoms with E-state index in [2.05, 4.69) is 5.32 Å². The average molecular weight is 235 g/mol. The van der Waals surface area contributed by atoms with Gasteiger partial charge in [0, 0.05) is 11.0 Å². The highest BCUT2D eigenvalue weighted by atomic mass is 19.1. The molecule has 0 unspecified atom stereocenters. The number of alkyl halides is 1. The molecule has 0 aromatic heterocycles. The van der Waals surface area contributed by atoms with Gasteiger partial charge < -0.3 is 10.1 Å². The molecule has 1 N–H and O–H groups in total. The molecule has 3 aliphatic carbocycles. The van der Waals surface area contributed by atoms with Gasteiger partial charge in [0.15, 0.2) is 0 Å². The number of carbonyl (C=O) groups excluding carboxylic acids is 1. The van der Waals surface area contributed by atoms with E-state index in [0.717, 1.165) is 19.3 Å². The maximum Gasteiger partial charge on any atom is 0.413 e. The lowest BCUT2D eigenvalue weighted by atomic mass is 9.40. The molecule has 17 heavy (non-hydrogen) atoms. The molecule has 0 saturated heterocycles. The molecular weight excluding hydrogens is 221 g/mol. The van der Waals surface area contributed by atoms with Gasteiger partial charge >= 0.3 is 6.09 Å². The first-order chi connectivity index (χ1) is 8.15. The lowest BCUT2D eigenvalue weighted by Crippen LogP contribution is -2.75. The maximum atomic E-state index is 12.6. The van der Waals surface area contributed by atoms with Crippen LogP contribution in [0.1, 0.15) is 19.3 Å². The first-order valence-corrected chi connectivity index (χ1v) is 5.77. The minimum absolute atomic E-state index is 0.125. The third kappa shape index (κ3) is 1.68. The van der Waals surface area contributed by atoms with Gasteiger partial charge in [-0.15, -0.1) is 0 Å². The Bertz CT molecular complexity index is 426. The molecule has 2 bridgehead atoms. The zero-order chi connectivity index (χ0) is 11.9. The van der Waals surface area contributed by atoms with Gasteiger partial charge in [-0.2, -0.15) is 0 Å². The fraction of sp³-hybridized carbons (Fsp3) is 0.462. The van der Waals surface area contributed by atoms with Gasteiger partial charge in [0.25, 0.3) is 0 Å². The van der Waals surface area contributed by atoms with Crippen molar-refractivity contribution in [2.45, 2.75) is 24.8 Å². The molecule has 90 valence electrons. The summed E-state index contributed by atoms with van der Waals surface area (Å²) < 4.78 is 17.7. The van der Waals surface area contributed by atoms with Crippen molar-refractivity contribution in [1.29, 1.82) is 0 Å². The number of halogens is 1. The Balaban J connectivity index is 1.53. The number of nitrogens with one attached hydrogen (secondary N) is 1. The topological polar surface area (TPSA) is 38.3 Å². The van der Waals surface area contributed by atoms with Gasteiger partial charge in [-0.05, 0) is 31.4 Å². The predicted molar refractivity (Wildman–Crippen MR) is 60.6 cm³/mol. The highest BCUT2D eigenvalue weighted by molar-refractivity contribution is 5.72. The molecule has 0 spiro atoms. The van der Waals surface area contributed by atoms with Crippen molar-refractivity contribution in [3.8, 4) is 5.75 Å². The Hall–Kier alpha value is -1.58. The second-order valence-corrected chi connectivity index (χ2v) is 5.27. The standard InChI is InChI=1S/C13H14FNO2/c14-9-12-6-13(7-12,8-12)15-11(16)17-10-4-2-1-3-5-10/h1-5H,6-9H2,(H,15,16). The molecule has 0 heterocycles. The number of carbonyl (C=O) groups is 1. The van der Waals surface area contributed by atoms with Gasteiger partial charge in [0.2, 0.25) is 0 Å². The number of rotatable bonds is 3. The van der Waals surface area contributed by atoms with Gasteiger partial charge in [-0.25, -0.2) is 4.79 Å². The van der Waals surface area contributed by atoms with Crippen molar-refractivity contribution in [2.24, 2.45) is 5.41 Å². The number of ether oxygens (including phenoxy) is 1. The van der Waals surface area contributed by atoms with E-state index in [-0.39, 0.29) is 17.6 Å². The Morgan fingerprint density at radius 3 is 2.53 bits per heavy atom. The van der Waals surface area contributed by atoms with Crippen molar-refractivity contribution in [2.75, 3.05) is 6.67 Å². The predicted octanol–water partition coefficient (Wildman–Crippen LogP) is 2.67. The quantitative estimate of drug-likeness (QED) is 0.874. The molecule has 1 aromatic carbocycles. The lowest BCUT2D eigenvalue weighted by Gasteiger charge is -2.69. The summed E-state index contributed by atoms with van der Waals surface area (Å²) in [6.07, 6.45) is 1.81. The van der Waals surface area contributed by atoms with Crippen molar-refractivity contribution < 1.29 is 13.9 Å². The monoisotopic (exact) mass is 235 g/mol. The molecule has 0 aliphatic heterocycles. The van der Waals surface area contributed by atoms with Crippen LogP contribution < -0.4 is 10.1 Å². The number of hydrogen-bond acceptors (Lipinski definition) is 2. The Morgan fingerprint density at radius 2 is 1.94 bits per heavy atom. The number of para-hydroxylation sites is 1. The molecule has 0 atom stereocenters. The van der Waals surface area contributed by atoms with Crippen molar-refractivity contribution in [3.05, 3.63) is 30.3 Å². The second-order valence-electron chi connectivity index (χ2n) is 5.27. The second kappa shape index (κ2) is 3.45. The molecule has 3 saturated carbocycles. The fourth-order valence-electron chi connectivity index (χ4n) is 3.11. The third-order valence-electron chi connectivity index (χ3n) is 3.74. The summed E-state index contributed by atoms with van der Waals surface area (Å²) >= 11 is 0. The van der Waals surface area contributed by atoms with Gasteiger partial charge in [-0.1, -0.05) is 18.2 Å². The largest absolute Gasteiger partial charge is 0.413 e. The van der Waals surface area contributed by atoms with Gasteiger partial charge in [0.05, 0.1) is 6.67 Å². The van der Waals surface area contributed by atoms with Gasteiger partial charge in [0.1, 0.15) is 5.75 Å². The molecule has 3 fully saturated rings. The van der Waals surface area contributed by atoms with Gasteiger partial charge in [-0.3, -0.25) is 4.39 Å². The number of benzene rings is 1. The Kier molecular flexibility index (Phi) is 2.15. The summed E-state index contributed by atoms with van der Waals surface area (Å²) in [6.45, 7) is -0.274. The fourth-order valence-corrected chi connectivity index (χ4v) is 3.11. The van der Waals surface area contributed by atoms with Crippen LogP contribution >= 0.6 is 0 Å². The minimum Gasteiger partial charge on any atom is -0.410 e. The number of hydrogen-bond donors (Lipinski definition) is 1. The molecule has 1 aromatic rings. The molecule has 4 rings (SSSR count). The van der Waals surface area contributed by atoms with Crippen LogP contribution in [0.2, 0.25) is 0 Å². The van der Waals surface area contributed by atoms with E-state index in [9.17, 15) is 9.18 Å². The van der Waals surface area contributed by atoms with Crippen LogP contribution in [0.5, 0.6) is 5.75 Å². The normalized spacial score (nSPS) is 33.2. The Labute approximate surface area is 99.0 Å². The Morgan fingerprint density at radius 1 is 1.29 bits per heavy atom. The molecule has 3 nitrogen and oxygen atoms in total. The van der Waals surface area contributed by atoms with E-state index in [1.165, 1.54) is 0 Å². The van der Waals surface area contributed by atoms with E-state index in [1.807, 2.05) is 18.2 Å². The average Bonchev–Trinajstić information content (AvgIpc) is 2.23. The van der Waals surface area contributed by atoms with Crippen LogP contribution in [0.15, 0.2) is 30.3 Å². The molecule has 4 heteroatoms. The molecule has 0 radical (unpaired) electrons. The van der Waals surface area contributed by atoms with Crippen molar-refractivity contribution >= 4 is 6.09 Å². The summed E-state index contributed by atoms with van der Waals surface area (Å²) in [4.78, 5) is 11.6. The number of amides is 1. The van der Waals surface area contributed by atoms with Crippen LogP contribution in [0.3, 0.4) is 0 Å². The van der Waals surface area contributed by atoms with Crippen LogP contribution in [0, 0.1) is 5.41 Å². The van der Waals surface area contributed by atoms with Crippen LogP contribution in [-0.4, -0.2) is 18.3 Å². The summed E-state index contributed by atoms with van der Waals surface area (Å²) in [5, 5.41) is 2.84.